The van der Waals surface area contributed by atoms with Crippen molar-refractivity contribution in [2.75, 3.05) is 22.7 Å². The Morgan fingerprint density at radius 2 is 1.81 bits per heavy atom. The van der Waals surface area contributed by atoms with Crippen molar-refractivity contribution in [2.24, 2.45) is 0 Å². The van der Waals surface area contributed by atoms with Gasteiger partial charge >= 0.3 is 0 Å². The number of para-hydroxylation sites is 2. The monoisotopic (exact) mass is 302 g/mol. The molecule has 1 N–H and O–H groups in total. The largest absolute Gasteiger partial charge is 0.384 e. The highest BCUT2D eigenvalue weighted by Crippen LogP contribution is 2.34. The van der Waals surface area contributed by atoms with Crippen LogP contribution in [0.25, 0.3) is 0 Å². The van der Waals surface area contributed by atoms with Crippen molar-refractivity contribution >= 4 is 21.4 Å². The van der Waals surface area contributed by atoms with Crippen LogP contribution in [0.2, 0.25) is 0 Å². The van der Waals surface area contributed by atoms with E-state index in [1.165, 1.54) is 4.31 Å². The minimum absolute atomic E-state index is 0.337. The van der Waals surface area contributed by atoms with E-state index in [1.807, 2.05) is 37.3 Å². The number of benzene rings is 2. The van der Waals surface area contributed by atoms with Gasteiger partial charge in [-0.3, -0.25) is 4.31 Å². The van der Waals surface area contributed by atoms with Crippen molar-refractivity contribution < 1.29 is 8.42 Å². The zero-order chi connectivity index (χ0) is 14.9. The summed E-state index contributed by atoms with van der Waals surface area (Å²) in [6.07, 6.45) is 0.763. The van der Waals surface area contributed by atoms with Crippen LogP contribution in [0.5, 0.6) is 0 Å². The van der Waals surface area contributed by atoms with Gasteiger partial charge in [0.1, 0.15) is 4.90 Å². The summed E-state index contributed by atoms with van der Waals surface area (Å²) in [6, 6.07) is 14.7. The van der Waals surface area contributed by atoms with E-state index in [2.05, 4.69) is 5.32 Å². The summed E-state index contributed by atoms with van der Waals surface area (Å²) in [4.78, 5) is 0.337. The maximum atomic E-state index is 13.0. The van der Waals surface area contributed by atoms with Crippen molar-refractivity contribution in [3.05, 3.63) is 54.1 Å². The molecule has 5 heteroatoms. The molecule has 21 heavy (non-hydrogen) atoms. The third-order valence-corrected chi connectivity index (χ3v) is 5.54. The van der Waals surface area contributed by atoms with Gasteiger partial charge in [-0.15, -0.1) is 0 Å². The molecule has 1 aliphatic rings. The predicted octanol–water partition coefficient (Wildman–Crippen LogP) is 2.87. The number of anilines is 2. The van der Waals surface area contributed by atoms with Crippen molar-refractivity contribution in [2.45, 2.75) is 18.2 Å². The summed E-state index contributed by atoms with van der Waals surface area (Å²) < 4.78 is 27.5. The van der Waals surface area contributed by atoms with E-state index in [0.29, 0.717) is 23.7 Å². The van der Waals surface area contributed by atoms with Crippen LogP contribution in [0.3, 0.4) is 0 Å². The SMILES string of the molecule is CCNc1ccccc1S(=O)(=O)N1CCc2ccccc21. The molecule has 0 saturated heterocycles. The highest BCUT2D eigenvalue weighted by molar-refractivity contribution is 7.93. The Kier molecular flexibility index (Phi) is 3.59. The molecule has 1 aliphatic heterocycles. The molecule has 0 spiro atoms. The summed E-state index contributed by atoms with van der Waals surface area (Å²) in [7, 11) is -3.53. The lowest BCUT2D eigenvalue weighted by Gasteiger charge is -2.21. The molecule has 1 heterocycles. The second kappa shape index (κ2) is 5.41. The molecule has 0 aromatic heterocycles. The van der Waals surface area contributed by atoms with Gasteiger partial charge in [0.15, 0.2) is 0 Å². The Bertz CT molecular complexity index is 756. The second-order valence-electron chi connectivity index (χ2n) is 4.98. The maximum Gasteiger partial charge on any atom is 0.266 e. The minimum atomic E-state index is -3.53. The van der Waals surface area contributed by atoms with E-state index in [-0.39, 0.29) is 0 Å². The highest BCUT2D eigenvalue weighted by Gasteiger charge is 2.31. The standard InChI is InChI=1S/C16H18N2O2S/c1-2-17-14-8-4-6-10-16(14)21(19,20)18-12-11-13-7-3-5-9-15(13)18/h3-10,17H,2,11-12H2,1H3. The van der Waals surface area contributed by atoms with Gasteiger partial charge in [-0.05, 0) is 37.1 Å². The average molecular weight is 302 g/mol. The zero-order valence-electron chi connectivity index (χ0n) is 11.9. The van der Waals surface area contributed by atoms with Crippen LogP contribution in [0, 0.1) is 0 Å². The fourth-order valence-electron chi connectivity index (χ4n) is 2.70. The molecule has 0 unspecified atom stereocenters. The zero-order valence-corrected chi connectivity index (χ0v) is 12.7. The molecular formula is C16H18N2O2S. The van der Waals surface area contributed by atoms with E-state index < -0.39 is 10.0 Å². The first-order chi connectivity index (χ1) is 10.1. The lowest BCUT2D eigenvalue weighted by molar-refractivity contribution is 0.592. The van der Waals surface area contributed by atoms with Crippen molar-refractivity contribution in [3.63, 3.8) is 0 Å². The number of nitrogens with one attached hydrogen (secondary N) is 1. The molecule has 110 valence electrons. The number of sulfonamides is 1. The number of nitrogens with zero attached hydrogens (tertiary/aromatic N) is 1. The van der Waals surface area contributed by atoms with E-state index in [0.717, 1.165) is 17.7 Å². The maximum absolute atomic E-state index is 13.0. The fourth-order valence-corrected chi connectivity index (χ4v) is 4.38. The van der Waals surface area contributed by atoms with E-state index in [4.69, 9.17) is 0 Å². The van der Waals surface area contributed by atoms with E-state index in [9.17, 15) is 8.42 Å². The van der Waals surface area contributed by atoms with Gasteiger partial charge in [0.25, 0.3) is 10.0 Å². The fraction of sp³-hybridized carbons (Fsp3) is 0.250. The first-order valence-corrected chi connectivity index (χ1v) is 8.52. The van der Waals surface area contributed by atoms with E-state index >= 15 is 0 Å². The normalized spacial score (nSPS) is 14.0. The first-order valence-electron chi connectivity index (χ1n) is 7.08. The van der Waals surface area contributed by atoms with Crippen molar-refractivity contribution in [1.82, 2.24) is 0 Å². The number of hydrogen-bond donors (Lipinski definition) is 1. The molecule has 0 radical (unpaired) electrons. The Morgan fingerprint density at radius 3 is 2.62 bits per heavy atom. The molecule has 4 nitrogen and oxygen atoms in total. The average Bonchev–Trinajstić information content (AvgIpc) is 2.93. The first kappa shape index (κ1) is 13.9. The van der Waals surface area contributed by atoms with Crippen LogP contribution >= 0.6 is 0 Å². The Morgan fingerprint density at radius 1 is 1.10 bits per heavy atom. The van der Waals surface area contributed by atoms with Crippen LogP contribution in [-0.4, -0.2) is 21.5 Å². The molecule has 2 aromatic carbocycles. The van der Waals surface area contributed by atoms with Gasteiger partial charge in [-0.25, -0.2) is 8.42 Å². The van der Waals surface area contributed by atoms with Gasteiger partial charge < -0.3 is 5.32 Å². The number of hydrogen-bond acceptors (Lipinski definition) is 3. The van der Waals surface area contributed by atoms with Gasteiger partial charge in [0.2, 0.25) is 0 Å². The Balaban J connectivity index is 2.07. The third-order valence-electron chi connectivity index (χ3n) is 3.67. The molecule has 0 bridgehead atoms. The Hall–Kier alpha value is -2.01. The quantitative estimate of drug-likeness (QED) is 0.945. The van der Waals surface area contributed by atoms with Crippen molar-refractivity contribution in [1.29, 1.82) is 0 Å². The minimum Gasteiger partial charge on any atom is -0.384 e. The van der Waals surface area contributed by atoms with Crippen LogP contribution in [0.15, 0.2) is 53.4 Å². The molecular weight excluding hydrogens is 284 g/mol. The highest BCUT2D eigenvalue weighted by atomic mass is 32.2. The summed E-state index contributed by atoms with van der Waals surface area (Å²) >= 11 is 0. The van der Waals surface area contributed by atoms with Crippen LogP contribution in [0.1, 0.15) is 12.5 Å². The molecule has 0 aliphatic carbocycles. The lowest BCUT2D eigenvalue weighted by Crippen LogP contribution is -2.29. The Labute approximate surface area is 125 Å². The molecule has 0 fully saturated rings. The molecule has 3 rings (SSSR count). The van der Waals surface area contributed by atoms with Gasteiger partial charge in [0.05, 0.1) is 11.4 Å². The smallest absolute Gasteiger partial charge is 0.266 e. The summed E-state index contributed by atoms with van der Waals surface area (Å²) in [5.41, 5.74) is 2.54. The molecule has 0 amide bonds. The van der Waals surface area contributed by atoms with Crippen LogP contribution in [-0.2, 0) is 16.4 Å². The second-order valence-corrected chi connectivity index (χ2v) is 6.81. The number of fused-ring (bicyclic) bond motifs is 1. The number of rotatable bonds is 4. The summed E-state index contributed by atoms with van der Waals surface area (Å²) in [5.74, 6) is 0. The molecule has 0 atom stereocenters. The lowest BCUT2D eigenvalue weighted by atomic mass is 10.2. The summed E-state index contributed by atoms with van der Waals surface area (Å²) in [6.45, 7) is 3.14. The van der Waals surface area contributed by atoms with Gasteiger partial charge in [0, 0.05) is 13.1 Å². The van der Waals surface area contributed by atoms with Crippen LogP contribution in [0.4, 0.5) is 11.4 Å². The summed E-state index contributed by atoms with van der Waals surface area (Å²) in [5, 5.41) is 3.12. The van der Waals surface area contributed by atoms with Crippen molar-refractivity contribution in [3.8, 4) is 0 Å². The molecule has 2 aromatic rings. The van der Waals surface area contributed by atoms with Gasteiger partial charge in [-0.2, -0.15) is 0 Å². The topological polar surface area (TPSA) is 49.4 Å². The molecule has 0 saturated carbocycles. The van der Waals surface area contributed by atoms with E-state index in [1.54, 1.807) is 18.2 Å². The van der Waals surface area contributed by atoms with Crippen LogP contribution < -0.4 is 9.62 Å². The predicted molar refractivity (Wildman–Crippen MR) is 85.3 cm³/mol. The van der Waals surface area contributed by atoms with Gasteiger partial charge in [-0.1, -0.05) is 30.3 Å². The third kappa shape index (κ3) is 2.38.